The van der Waals surface area contributed by atoms with Crippen molar-refractivity contribution >= 4 is 45.8 Å². The first-order chi connectivity index (χ1) is 9.32. The molecule has 5 heteroatoms. The zero-order valence-electron chi connectivity index (χ0n) is 12.0. The zero-order valence-corrected chi connectivity index (χ0v) is 14.2. The summed E-state index contributed by atoms with van der Waals surface area (Å²) in [6.07, 6.45) is 0. The molecule has 0 atom stereocenters. The molecule has 2 nitrogen and oxygen atoms in total. The average molecular weight is 335 g/mol. The molecule has 0 spiro atoms. The van der Waals surface area contributed by atoms with Crippen LogP contribution in [0.3, 0.4) is 0 Å². The summed E-state index contributed by atoms with van der Waals surface area (Å²) in [6, 6.07) is 2.00. The van der Waals surface area contributed by atoms with Gasteiger partial charge in [0.25, 0.3) is 0 Å². The maximum absolute atomic E-state index is 6.35. The van der Waals surface area contributed by atoms with Crippen LogP contribution in [0.5, 0.6) is 0 Å². The zero-order chi connectivity index (χ0) is 15.0. The van der Waals surface area contributed by atoms with E-state index in [1.807, 2.05) is 0 Å². The monoisotopic (exact) mass is 333 g/mol. The molecule has 0 saturated heterocycles. The fourth-order valence-electron chi connectivity index (χ4n) is 2.28. The van der Waals surface area contributed by atoms with Crippen LogP contribution in [0.25, 0.3) is 11.0 Å². The lowest BCUT2D eigenvalue weighted by Gasteiger charge is -2.10. The van der Waals surface area contributed by atoms with Gasteiger partial charge in [-0.15, -0.1) is 0 Å². The van der Waals surface area contributed by atoms with Gasteiger partial charge in [0.1, 0.15) is 5.76 Å². The molecular formula is C15H18Cl3NO. The number of hydrogen-bond acceptors (Lipinski definition) is 2. The minimum absolute atomic E-state index is 0.271. The molecule has 20 heavy (non-hydrogen) atoms. The molecule has 0 aliphatic rings. The predicted octanol–water partition coefficient (Wildman–Crippen LogP) is 6.01. The SMILES string of the molecule is CC(C)NCc1oc2c(Cl)cc(Cl)c(Cl)c2c1C(C)C. The molecule has 110 valence electrons. The first kappa shape index (κ1) is 16.0. The van der Waals surface area contributed by atoms with Gasteiger partial charge >= 0.3 is 0 Å². The van der Waals surface area contributed by atoms with Crippen LogP contribution in [0, 0.1) is 0 Å². The molecule has 0 unspecified atom stereocenters. The van der Waals surface area contributed by atoms with Gasteiger partial charge in [0.15, 0.2) is 5.58 Å². The summed E-state index contributed by atoms with van der Waals surface area (Å²) in [6.45, 7) is 9.04. The van der Waals surface area contributed by atoms with Crippen molar-refractivity contribution in [1.82, 2.24) is 5.32 Å². The first-order valence-corrected chi connectivity index (χ1v) is 7.78. The Morgan fingerprint density at radius 3 is 2.30 bits per heavy atom. The van der Waals surface area contributed by atoms with Crippen LogP contribution in [0.15, 0.2) is 10.5 Å². The lowest BCUT2D eigenvalue weighted by molar-refractivity contribution is 0.480. The fraction of sp³-hybridized carbons (Fsp3) is 0.467. The highest BCUT2D eigenvalue weighted by atomic mass is 35.5. The largest absolute Gasteiger partial charge is 0.458 e. The van der Waals surface area contributed by atoms with Gasteiger partial charge < -0.3 is 9.73 Å². The van der Waals surface area contributed by atoms with E-state index in [1.165, 1.54) is 0 Å². The summed E-state index contributed by atoms with van der Waals surface area (Å²) >= 11 is 18.7. The van der Waals surface area contributed by atoms with Crippen molar-refractivity contribution < 1.29 is 4.42 Å². The van der Waals surface area contributed by atoms with Gasteiger partial charge in [0.05, 0.1) is 21.6 Å². The van der Waals surface area contributed by atoms with E-state index < -0.39 is 0 Å². The van der Waals surface area contributed by atoms with Gasteiger partial charge in [-0.25, -0.2) is 0 Å². The smallest absolute Gasteiger partial charge is 0.154 e. The second-order valence-corrected chi connectivity index (χ2v) is 6.68. The highest BCUT2D eigenvalue weighted by Crippen LogP contribution is 2.43. The summed E-state index contributed by atoms with van der Waals surface area (Å²) in [5.74, 6) is 1.14. The van der Waals surface area contributed by atoms with Gasteiger partial charge in [0, 0.05) is 17.0 Å². The minimum Gasteiger partial charge on any atom is -0.458 e. The molecule has 0 bridgehead atoms. The normalized spacial score (nSPS) is 12.1. The van der Waals surface area contributed by atoms with Crippen LogP contribution in [0.1, 0.15) is 44.9 Å². The lowest BCUT2D eigenvalue weighted by atomic mass is 9.99. The van der Waals surface area contributed by atoms with Gasteiger partial charge in [-0.2, -0.15) is 0 Å². The topological polar surface area (TPSA) is 25.2 Å². The van der Waals surface area contributed by atoms with Crippen LogP contribution in [-0.4, -0.2) is 6.04 Å². The Kier molecular flexibility index (Phi) is 4.91. The van der Waals surface area contributed by atoms with Crippen LogP contribution in [0.4, 0.5) is 0 Å². The van der Waals surface area contributed by atoms with E-state index in [0.717, 1.165) is 16.7 Å². The highest BCUT2D eigenvalue weighted by Gasteiger charge is 2.22. The van der Waals surface area contributed by atoms with Crippen molar-refractivity contribution in [2.24, 2.45) is 0 Å². The molecule has 0 saturated carbocycles. The van der Waals surface area contributed by atoms with E-state index in [-0.39, 0.29) is 5.92 Å². The number of halogens is 3. The molecule has 0 radical (unpaired) electrons. The quantitative estimate of drug-likeness (QED) is 0.692. The van der Waals surface area contributed by atoms with Crippen LogP contribution >= 0.6 is 34.8 Å². The second kappa shape index (κ2) is 6.15. The van der Waals surface area contributed by atoms with Crippen molar-refractivity contribution in [3.63, 3.8) is 0 Å². The van der Waals surface area contributed by atoms with Crippen molar-refractivity contribution in [2.75, 3.05) is 0 Å². The van der Waals surface area contributed by atoms with E-state index in [1.54, 1.807) is 6.07 Å². The molecule has 1 N–H and O–H groups in total. The molecule has 1 aromatic carbocycles. The molecule has 0 fully saturated rings. The van der Waals surface area contributed by atoms with E-state index in [4.69, 9.17) is 39.2 Å². The number of benzene rings is 1. The number of furan rings is 1. The van der Waals surface area contributed by atoms with E-state index >= 15 is 0 Å². The van der Waals surface area contributed by atoms with Crippen LogP contribution in [0.2, 0.25) is 15.1 Å². The Morgan fingerprint density at radius 2 is 1.75 bits per heavy atom. The van der Waals surface area contributed by atoms with Crippen LogP contribution in [-0.2, 0) is 6.54 Å². The lowest BCUT2D eigenvalue weighted by Crippen LogP contribution is -2.22. The first-order valence-electron chi connectivity index (χ1n) is 6.65. The van der Waals surface area contributed by atoms with Crippen LogP contribution < -0.4 is 5.32 Å². The molecule has 1 aromatic heterocycles. The summed E-state index contributed by atoms with van der Waals surface area (Å²) < 4.78 is 5.94. The number of fused-ring (bicyclic) bond motifs is 1. The molecular weight excluding hydrogens is 317 g/mol. The molecule has 0 amide bonds. The van der Waals surface area contributed by atoms with Crippen molar-refractivity contribution in [3.05, 3.63) is 32.5 Å². The van der Waals surface area contributed by atoms with Crippen molar-refractivity contribution in [1.29, 1.82) is 0 Å². The molecule has 2 rings (SSSR count). The van der Waals surface area contributed by atoms with E-state index in [2.05, 4.69) is 33.0 Å². The van der Waals surface area contributed by atoms with Gasteiger partial charge in [-0.3, -0.25) is 0 Å². The second-order valence-electron chi connectivity index (χ2n) is 5.49. The molecule has 1 heterocycles. The summed E-state index contributed by atoms with van der Waals surface area (Å²) in [5, 5.41) is 5.65. The Balaban J connectivity index is 2.67. The minimum atomic E-state index is 0.271. The number of rotatable bonds is 4. The molecule has 2 aromatic rings. The highest BCUT2D eigenvalue weighted by molar-refractivity contribution is 6.47. The summed E-state index contributed by atoms with van der Waals surface area (Å²) in [4.78, 5) is 0. The summed E-state index contributed by atoms with van der Waals surface area (Å²) in [5.41, 5.74) is 1.69. The molecule has 0 aliphatic heterocycles. The maximum Gasteiger partial charge on any atom is 0.154 e. The van der Waals surface area contributed by atoms with Gasteiger partial charge in [-0.1, -0.05) is 62.5 Å². The third kappa shape index (κ3) is 2.94. The average Bonchev–Trinajstić information content (AvgIpc) is 2.73. The third-order valence-electron chi connectivity index (χ3n) is 3.17. The standard InChI is InChI=1S/C15H18Cl3NO/c1-7(2)12-11(6-19-8(3)4)20-15-10(17)5-9(16)14(18)13(12)15/h5,7-8,19H,6H2,1-4H3. The van der Waals surface area contributed by atoms with Gasteiger partial charge in [-0.05, 0) is 12.0 Å². The Bertz CT molecular complexity index is 632. The Labute approximate surface area is 134 Å². The van der Waals surface area contributed by atoms with Crippen molar-refractivity contribution in [2.45, 2.75) is 46.2 Å². The predicted molar refractivity (Wildman–Crippen MR) is 87.3 cm³/mol. The Hall–Kier alpha value is -0.410. The maximum atomic E-state index is 6.35. The Morgan fingerprint density at radius 1 is 1.10 bits per heavy atom. The molecule has 0 aliphatic carbocycles. The summed E-state index contributed by atoms with van der Waals surface area (Å²) in [7, 11) is 0. The third-order valence-corrected chi connectivity index (χ3v) is 4.24. The van der Waals surface area contributed by atoms with Gasteiger partial charge in [0.2, 0.25) is 0 Å². The fourth-order valence-corrected chi connectivity index (χ4v) is 3.02. The van der Waals surface area contributed by atoms with E-state index in [0.29, 0.717) is 33.2 Å². The number of nitrogens with one attached hydrogen (secondary N) is 1. The van der Waals surface area contributed by atoms with Crippen molar-refractivity contribution in [3.8, 4) is 0 Å². The number of hydrogen-bond donors (Lipinski definition) is 1. The van der Waals surface area contributed by atoms with E-state index in [9.17, 15) is 0 Å².